The molecule has 0 bridgehead atoms. The summed E-state index contributed by atoms with van der Waals surface area (Å²) in [6, 6.07) is 13.9. The third kappa shape index (κ3) is 5.32. The van der Waals surface area contributed by atoms with E-state index < -0.39 is 0 Å². The Morgan fingerprint density at radius 2 is 1.73 bits per heavy atom. The molecule has 7 heteroatoms. The number of nitrogens with zero attached hydrogens (tertiary/aromatic N) is 3. The zero-order chi connectivity index (χ0) is 21.8. The lowest BCUT2D eigenvalue weighted by atomic mass is 10.0. The predicted octanol–water partition coefficient (Wildman–Crippen LogP) is 7.72. The number of hydrogen-bond donors (Lipinski definition) is 0. The van der Waals surface area contributed by atoms with Crippen molar-refractivity contribution in [2.24, 2.45) is 0 Å². The maximum absolute atomic E-state index is 6.32. The molecule has 3 rings (SSSR count). The van der Waals surface area contributed by atoms with Gasteiger partial charge in [0.2, 0.25) is 0 Å². The fourth-order valence-electron chi connectivity index (χ4n) is 3.24. The van der Waals surface area contributed by atoms with Gasteiger partial charge in [-0.25, -0.2) is 0 Å². The molecular weight excluding hydrogens is 437 g/mol. The van der Waals surface area contributed by atoms with Gasteiger partial charge in [-0.1, -0.05) is 73.1 Å². The van der Waals surface area contributed by atoms with Crippen molar-refractivity contribution in [3.63, 3.8) is 0 Å². The normalized spacial score (nSPS) is 12.6. The lowest BCUT2D eigenvalue weighted by Gasteiger charge is -2.21. The van der Waals surface area contributed by atoms with Crippen LogP contribution in [0.4, 0.5) is 0 Å². The van der Waals surface area contributed by atoms with Gasteiger partial charge in [0, 0.05) is 21.8 Å². The van der Waals surface area contributed by atoms with Crippen molar-refractivity contribution >= 4 is 35.0 Å². The number of rotatable bonds is 8. The summed E-state index contributed by atoms with van der Waals surface area (Å²) in [7, 11) is 0. The van der Waals surface area contributed by atoms with Crippen molar-refractivity contribution in [1.29, 1.82) is 0 Å². The molecule has 0 aliphatic rings. The van der Waals surface area contributed by atoms with Crippen molar-refractivity contribution in [1.82, 2.24) is 14.8 Å². The third-order valence-corrected chi connectivity index (χ3v) is 6.37. The van der Waals surface area contributed by atoms with Gasteiger partial charge < -0.3 is 9.30 Å². The Bertz CT molecular complexity index is 1000. The lowest BCUT2D eigenvalue weighted by Crippen LogP contribution is -2.15. The molecule has 0 saturated carbocycles. The summed E-state index contributed by atoms with van der Waals surface area (Å²) in [5.74, 6) is 2.77. The van der Waals surface area contributed by atoms with Crippen LogP contribution in [0.15, 0.2) is 47.6 Å². The summed E-state index contributed by atoms with van der Waals surface area (Å²) in [5.41, 5.74) is 2.20. The molecule has 1 atom stereocenters. The summed E-state index contributed by atoms with van der Waals surface area (Å²) < 4.78 is 8.46. The van der Waals surface area contributed by atoms with Crippen LogP contribution in [0.2, 0.25) is 10.0 Å². The Hall–Kier alpha value is -1.69. The molecule has 3 aromatic rings. The fourth-order valence-corrected chi connectivity index (χ4v) is 4.87. The highest BCUT2D eigenvalue weighted by Crippen LogP contribution is 2.33. The number of aromatic nitrogens is 3. The van der Waals surface area contributed by atoms with E-state index in [1.165, 1.54) is 5.56 Å². The van der Waals surface area contributed by atoms with Gasteiger partial charge in [0.25, 0.3) is 0 Å². The predicted molar refractivity (Wildman–Crippen MR) is 126 cm³/mol. The van der Waals surface area contributed by atoms with Gasteiger partial charge in [0.05, 0.1) is 0 Å². The molecule has 0 saturated heterocycles. The minimum atomic E-state index is -0.228. The van der Waals surface area contributed by atoms with Crippen LogP contribution < -0.4 is 4.74 Å². The summed E-state index contributed by atoms with van der Waals surface area (Å²) in [6.07, 6.45) is -0.228. The molecular formula is C23H27Cl2N3OS. The molecule has 0 aliphatic carbocycles. The van der Waals surface area contributed by atoms with Crippen LogP contribution in [0.3, 0.4) is 0 Å². The smallest absolute Gasteiger partial charge is 0.191 e. The van der Waals surface area contributed by atoms with Crippen LogP contribution in [-0.4, -0.2) is 14.8 Å². The lowest BCUT2D eigenvalue weighted by molar-refractivity contribution is 0.204. The van der Waals surface area contributed by atoms with E-state index in [0.29, 0.717) is 21.7 Å². The Morgan fingerprint density at radius 3 is 2.40 bits per heavy atom. The number of thioether (sulfide) groups is 1. The minimum absolute atomic E-state index is 0.199. The Kier molecular flexibility index (Phi) is 7.72. The topological polar surface area (TPSA) is 39.9 Å². The van der Waals surface area contributed by atoms with Crippen molar-refractivity contribution in [2.45, 2.75) is 63.6 Å². The summed E-state index contributed by atoms with van der Waals surface area (Å²) in [4.78, 5) is 0. The average molecular weight is 464 g/mol. The fraction of sp³-hybridized carbons (Fsp3) is 0.391. The molecule has 30 heavy (non-hydrogen) atoms. The van der Waals surface area contributed by atoms with E-state index in [0.717, 1.165) is 22.3 Å². The van der Waals surface area contributed by atoms with Crippen LogP contribution in [-0.2, 0) is 5.75 Å². The zero-order valence-electron chi connectivity index (χ0n) is 17.9. The monoisotopic (exact) mass is 463 g/mol. The van der Waals surface area contributed by atoms with Gasteiger partial charge in [0.1, 0.15) is 5.75 Å². The van der Waals surface area contributed by atoms with E-state index >= 15 is 0 Å². The van der Waals surface area contributed by atoms with Crippen LogP contribution >= 0.6 is 35.0 Å². The van der Waals surface area contributed by atoms with E-state index in [1.54, 1.807) is 17.8 Å². The van der Waals surface area contributed by atoms with E-state index in [4.69, 9.17) is 27.9 Å². The maximum Gasteiger partial charge on any atom is 0.191 e. The van der Waals surface area contributed by atoms with Crippen molar-refractivity contribution < 1.29 is 4.74 Å². The Labute approximate surface area is 193 Å². The molecule has 0 amide bonds. The first-order chi connectivity index (χ1) is 14.3. The van der Waals surface area contributed by atoms with Crippen molar-refractivity contribution in [3.8, 4) is 5.75 Å². The maximum atomic E-state index is 6.32. The highest BCUT2D eigenvalue weighted by Gasteiger charge is 2.22. The third-order valence-electron chi connectivity index (χ3n) is 4.79. The number of para-hydroxylation sites is 1. The number of benzene rings is 2. The molecule has 0 spiro atoms. The van der Waals surface area contributed by atoms with Crippen molar-refractivity contribution in [3.05, 3.63) is 69.5 Å². The summed E-state index contributed by atoms with van der Waals surface area (Å²) in [6.45, 7) is 10.6. The van der Waals surface area contributed by atoms with E-state index in [9.17, 15) is 0 Å². The largest absolute Gasteiger partial charge is 0.482 e. The van der Waals surface area contributed by atoms with Crippen LogP contribution in [0.1, 0.15) is 69.6 Å². The molecule has 4 nitrogen and oxygen atoms in total. The van der Waals surface area contributed by atoms with Crippen LogP contribution in [0.25, 0.3) is 0 Å². The summed E-state index contributed by atoms with van der Waals surface area (Å²) >= 11 is 13.9. The average Bonchev–Trinajstić information content (AvgIpc) is 3.12. The zero-order valence-corrected chi connectivity index (χ0v) is 20.2. The molecule has 0 radical (unpaired) electrons. The molecule has 1 aromatic heterocycles. The first-order valence-electron chi connectivity index (χ1n) is 10.0. The molecule has 1 unspecified atom stereocenters. The highest BCUT2D eigenvalue weighted by atomic mass is 35.5. The van der Waals surface area contributed by atoms with Gasteiger partial charge in [0.15, 0.2) is 17.1 Å². The molecule has 0 aliphatic heterocycles. The number of ether oxygens (including phenoxy) is 1. The van der Waals surface area contributed by atoms with Gasteiger partial charge in [-0.15, -0.1) is 10.2 Å². The number of halogens is 2. The van der Waals surface area contributed by atoms with E-state index in [1.807, 2.05) is 37.3 Å². The van der Waals surface area contributed by atoms with E-state index in [2.05, 4.69) is 48.5 Å². The second kappa shape index (κ2) is 10.1. The second-order valence-electron chi connectivity index (χ2n) is 7.78. The first-order valence-corrected chi connectivity index (χ1v) is 11.8. The quantitative estimate of drug-likeness (QED) is 0.320. The van der Waals surface area contributed by atoms with E-state index in [-0.39, 0.29) is 12.1 Å². The molecule has 0 N–H and O–H groups in total. The molecule has 160 valence electrons. The standard InChI is InChI=1S/C23H27Cl2N3OS/c1-14(2)19-8-6-7-9-21(19)29-16(5)22-26-27-23(28(22)15(3)4)30-13-17-10-11-18(24)12-20(17)25/h6-12,14-16H,13H2,1-5H3. The molecule has 0 fully saturated rings. The minimum Gasteiger partial charge on any atom is -0.482 e. The summed E-state index contributed by atoms with van der Waals surface area (Å²) in [5, 5.41) is 11.1. The van der Waals surface area contributed by atoms with Crippen molar-refractivity contribution in [2.75, 3.05) is 0 Å². The number of hydrogen-bond acceptors (Lipinski definition) is 4. The Morgan fingerprint density at radius 1 is 1.00 bits per heavy atom. The molecule has 2 aromatic carbocycles. The van der Waals surface area contributed by atoms with Gasteiger partial charge in [-0.2, -0.15) is 0 Å². The Balaban J connectivity index is 1.82. The van der Waals surface area contributed by atoms with Gasteiger partial charge in [-0.3, -0.25) is 0 Å². The SMILES string of the molecule is CC(C)c1ccccc1OC(C)c1nnc(SCc2ccc(Cl)cc2Cl)n1C(C)C. The first kappa shape index (κ1) is 23.0. The van der Waals surface area contributed by atoms with Crippen LogP contribution in [0.5, 0.6) is 5.75 Å². The van der Waals surface area contributed by atoms with Gasteiger partial charge >= 0.3 is 0 Å². The molecule has 1 heterocycles. The second-order valence-corrected chi connectivity index (χ2v) is 9.57. The van der Waals surface area contributed by atoms with Crippen LogP contribution in [0, 0.1) is 0 Å². The van der Waals surface area contributed by atoms with Gasteiger partial charge in [-0.05, 0) is 56.0 Å². The highest BCUT2D eigenvalue weighted by molar-refractivity contribution is 7.98.